The number of halogens is 1. The van der Waals surface area contributed by atoms with Crippen LogP contribution in [-0.2, 0) is 0 Å². The van der Waals surface area contributed by atoms with Gasteiger partial charge in [0.1, 0.15) is 5.65 Å². The number of pyridine rings is 1. The van der Waals surface area contributed by atoms with Gasteiger partial charge in [-0.3, -0.25) is 0 Å². The van der Waals surface area contributed by atoms with Crippen molar-refractivity contribution >= 4 is 27.0 Å². The highest BCUT2D eigenvalue weighted by molar-refractivity contribution is 9.10. The van der Waals surface area contributed by atoms with E-state index in [4.69, 9.17) is 0 Å². The SMILES string of the molecule is Cc1c(-c2ccccc2)[nH]c2ncc(Br)cc12. The quantitative estimate of drug-likeness (QED) is 0.710. The van der Waals surface area contributed by atoms with Gasteiger partial charge in [0, 0.05) is 16.1 Å². The van der Waals surface area contributed by atoms with Gasteiger partial charge in [0.15, 0.2) is 0 Å². The lowest BCUT2D eigenvalue weighted by molar-refractivity contribution is 1.31. The Hall–Kier alpha value is -1.61. The maximum atomic E-state index is 4.39. The zero-order valence-corrected chi connectivity index (χ0v) is 11.0. The monoisotopic (exact) mass is 286 g/mol. The fraction of sp³-hybridized carbons (Fsp3) is 0.0714. The summed E-state index contributed by atoms with van der Waals surface area (Å²) in [4.78, 5) is 7.76. The summed E-state index contributed by atoms with van der Waals surface area (Å²) in [6.45, 7) is 2.12. The van der Waals surface area contributed by atoms with E-state index in [1.54, 1.807) is 0 Å². The fourth-order valence-corrected chi connectivity index (χ4v) is 2.40. The number of nitrogens with zero attached hydrogens (tertiary/aromatic N) is 1. The highest BCUT2D eigenvalue weighted by Gasteiger charge is 2.09. The summed E-state index contributed by atoms with van der Waals surface area (Å²) in [5, 5.41) is 1.17. The smallest absolute Gasteiger partial charge is 0.138 e. The number of aromatic nitrogens is 2. The number of aryl methyl sites for hydroxylation is 1. The second-order valence-electron chi connectivity index (χ2n) is 4.04. The molecule has 1 aromatic carbocycles. The largest absolute Gasteiger partial charge is 0.339 e. The average Bonchev–Trinajstić information content (AvgIpc) is 2.68. The van der Waals surface area contributed by atoms with Crippen LogP contribution in [0.25, 0.3) is 22.3 Å². The van der Waals surface area contributed by atoms with E-state index in [0.29, 0.717) is 0 Å². The van der Waals surface area contributed by atoms with Gasteiger partial charge < -0.3 is 4.98 Å². The van der Waals surface area contributed by atoms with Gasteiger partial charge in [-0.1, -0.05) is 30.3 Å². The molecule has 3 heteroatoms. The first kappa shape index (κ1) is 10.5. The second kappa shape index (κ2) is 4.00. The van der Waals surface area contributed by atoms with Gasteiger partial charge in [0.25, 0.3) is 0 Å². The molecule has 0 radical (unpaired) electrons. The van der Waals surface area contributed by atoms with Crippen molar-refractivity contribution in [3.8, 4) is 11.3 Å². The van der Waals surface area contributed by atoms with Crippen molar-refractivity contribution in [2.45, 2.75) is 6.92 Å². The van der Waals surface area contributed by atoms with Gasteiger partial charge in [-0.15, -0.1) is 0 Å². The molecule has 3 aromatic rings. The minimum Gasteiger partial charge on any atom is -0.339 e. The van der Waals surface area contributed by atoms with Gasteiger partial charge in [0.2, 0.25) is 0 Å². The van der Waals surface area contributed by atoms with Gasteiger partial charge in [0.05, 0.1) is 5.69 Å². The molecule has 17 heavy (non-hydrogen) atoms. The molecule has 0 unspecified atom stereocenters. The van der Waals surface area contributed by atoms with Crippen LogP contribution in [0.3, 0.4) is 0 Å². The Kier molecular flexibility index (Phi) is 2.48. The molecule has 0 saturated heterocycles. The van der Waals surface area contributed by atoms with Crippen LogP contribution in [0.4, 0.5) is 0 Å². The summed E-state index contributed by atoms with van der Waals surface area (Å²) in [5.74, 6) is 0. The molecule has 0 spiro atoms. The molecule has 0 atom stereocenters. The van der Waals surface area contributed by atoms with Gasteiger partial charge >= 0.3 is 0 Å². The lowest BCUT2D eigenvalue weighted by Gasteiger charge is -1.98. The zero-order valence-electron chi connectivity index (χ0n) is 9.37. The maximum Gasteiger partial charge on any atom is 0.138 e. The van der Waals surface area contributed by atoms with E-state index in [-0.39, 0.29) is 0 Å². The Morgan fingerprint density at radius 2 is 1.94 bits per heavy atom. The number of hydrogen-bond donors (Lipinski definition) is 1. The van der Waals surface area contributed by atoms with E-state index in [1.807, 2.05) is 24.4 Å². The number of H-pyrrole nitrogens is 1. The molecule has 0 amide bonds. The van der Waals surface area contributed by atoms with Crippen molar-refractivity contribution in [1.82, 2.24) is 9.97 Å². The molecular weight excluding hydrogens is 276 g/mol. The highest BCUT2D eigenvalue weighted by Crippen LogP contribution is 2.29. The van der Waals surface area contributed by atoms with Crippen molar-refractivity contribution in [2.24, 2.45) is 0 Å². The summed E-state index contributed by atoms with van der Waals surface area (Å²) >= 11 is 3.46. The van der Waals surface area contributed by atoms with Crippen LogP contribution in [-0.4, -0.2) is 9.97 Å². The zero-order chi connectivity index (χ0) is 11.8. The third-order valence-corrected chi connectivity index (χ3v) is 3.37. The Balaban J connectivity index is 2.28. The number of rotatable bonds is 1. The van der Waals surface area contributed by atoms with Crippen LogP contribution >= 0.6 is 15.9 Å². The molecule has 0 fully saturated rings. The Bertz CT molecular complexity index is 671. The van der Waals surface area contributed by atoms with Crippen LogP contribution < -0.4 is 0 Å². The molecule has 1 N–H and O–H groups in total. The first-order chi connectivity index (χ1) is 8.25. The molecular formula is C14H11BrN2. The predicted molar refractivity (Wildman–Crippen MR) is 74.0 cm³/mol. The highest BCUT2D eigenvalue weighted by atomic mass is 79.9. The van der Waals surface area contributed by atoms with E-state index < -0.39 is 0 Å². The number of hydrogen-bond acceptors (Lipinski definition) is 1. The van der Waals surface area contributed by atoms with Crippen LogP contribution in [0, 0.1) is 6.92 Å². The number of aromatic amines is 1. The number of fused-ring (bicyclic) bond motifs is 1. The van der Waals surface area contributed by atoms with Gasteiger partial charge in [-0.05, 0) is 40.0 Å². The Morgan fingerprint density at radius 1 is 1.18 bits per heavy atom. The van der Waals surface area contributed by atoms with Crippen LogP contribution in [0.1, 0.15) is 5.56 Å². The average molecular weight is 287 g/mol. The molecule has 2 nitrogen and oxygen atoms in total. The molecule has 2 heterocycles. The van der Waals surface area contributed by atoms with E-state index >= 15 is 0 Å². The minimum absolute atomic E-state index is 0.935. The first-order valence-electron chi connectivity index (χ1n) is 5.45. The van der Waals surface area contributed by atoms with E-state index in [0.717, 1.165) is 15.8 Å². The Morgan fingerprint density at radius 3 is 2.71 bits per heavy atom. The topological polar surface area (TPSA) is 28.7 Å². The molecule has 2 aromatic heterocycles. The molecule has 0 aliphatic carbocycles. The third-order valence-electron chi connectivity index (χ3n) is 2.94. The maximum absolute atomic E-state index is 4.39. The summed E-state index contributed by atoms with van der Waals surface area (Å²) in [6, 6.07) is 12.4. The normalized spacial score (nSPS) is 10.9. The van der Waals surface area contributed by atoms with Crippen molar-refractivity contribution in [1.29, 1.82) is 0 Å². The van der Waals surface area contributed by atoms with Crippen molar-refractivity contribution in [2.75, 3.05) is 0 Å². The summed E-state index contributed by atoms with van der Waals surface area (Å²) in [5.41, 5.74) is 4.51. The molecule has 0 bridgehead atoms. The standard InChI is InChI=1S/C14H11BrN2/c1-9-12-7-11(15)8-16-14(12)17-13(9)10-5-3-2-4-6-10/h2-8H,1H3,(H,16,17). The Labute approximate surface area is 108 Å². The molecule has 0 saturated carbocycles. The van der Waals surface area contributed by atoms with E-state index in [2.05, 4.69) is 51.0 Å². The fourth-order valence-electron chi connectivity index (χ4n) is 2.07. The van der Waals surface area contributed by atoms with Crippen molar-refractivity contribution in [3.63, 3.8) is 0 Å². The van der Waals surface area contributed by atoms with E-state index in [1.165, 1.54) is 16.5 Å². The molecule has 84 valence electrons. The lowest BCUT2D eigenvalue weighted by Crippen LogP contribution is -1.79. The van der Waals surface area contributed by atoms with Crippen molar-refractivity contribution < 1.29 is 0 Å². The minimum atomic E-state index is 0.935. The summed E-state index contributed by atoms with van der Waals surface area (Å²) in [7, 11) is 0. The van der Waals surface area contributed by atoms with Gasteiger partial charge in [-0.2, -0.15) is 0 Å². The number of benzene rings is 1. The summed E-state index contributed by atoms with van der Waals surface area (Å²) < 4.78 is 1.01. The third kappa shape index (κ3) is 1.76. The summed E-state index contributed by atoms with van der Waals surface area (Å²) in [6.07, 6.45) is 1.81. The van der Waals surface area contributed by atoms with Crippen LogP contribution in [0.15, 0.2) is 47.1 Å². The second-order valence-corrected chi connectivity index (χ2v) is 4.96. The van der Waals surface area contributed by atoms with E-state index in [9.17, 15) is 0 Å². The predicted octanol–water partition coefficient (Wildman–Crippen LogP) is 4.30. The van der Waals surface area contributed by atoms with Crippen LogP contribution in [0.2, 0.25) is 0 Å². The lowest BCUT2D eigenvalue weighted by atomic mass is 10.1. The van der Waals surface area contributed by atoms with Crippen molar-refractivity contribution in [3.05, 3.63) is 52.6 Å². The molecule has 0 aliphatic heterocycles. The molecule has 0 aliphatic rings. The molecule has 3 rings (SSSR count). The first-order valence-corrected chi connectivity index (χ1v) is 6.24. The van der Waals surface area contributed by atoms with Gasteiger partial charge in [-0.25, -0.2) is 4.98 Å². The van der Waals surface area contributed by atoms with Crippen LogP contribution in [0.5, 0.6) is 0 Å². The number of nitrogens with one attached hydrogen (secondary N) is 1.